The summed E-state index contributed by atoms with van der Waals surface area (Å²) in [7, 11) is 1.95. The van der Waals surface area contributed by atoms with Gasteiger partial charge in [0.25, 0.3) is 0 Å². The molecule has 2 heterocycles. The Bertz CT molecular complexity index is 781. The van der Waals surface area contributed by atoms with Gasteiger partial charge in [-0.25, -0.2) is 14.4 Å². The van der Waals surface area contributed by atoms with Crippen LogP contribution < -0.4 is 4.90 Å². The first kappa shape index (κ1) is 17.3. The van der Waals surface area contributed by atoms with Gasteiger partial charge in [0.05, 0.1) is 19.0 Å². The average molecular weight is 376 g/mol. The fourth-order valence-corrected chi connectivity index (χ4v) is 4.28. The van der Waals surface area contributed by atoms with E-state index in [1.165, 1.54) is 25.0 Å². The van der Waals surface area contributed by atoms with Crippen LogP contribution in [0.5, 0.6) is 0 Å². The predicted octanol–water partition coefficient (Wildman–Crippen LogP) is 4.12. The maximum Gasteiger partial charge on any atom is 0.197 e. The van der Waals surface area contributed by atoms with Crippen molar-refractivity contribution in [3.8, 4) is 0 Å². The van der Waals surface area contributed by atoms with E-state index in [1.54, 1.807) is 6.33 Å². The van der Waals surface area contributed by atoms with Crippen molar-refractivity contribution in [1.82, 2.24) is 14.5 Å². The quantitative estimate of drug-likeness (QED) is 0.754. The molecule has 5 nitrogen and oxygen atoms in total. The van der Waals surface area contributed by atoms with Gasteiger partial charge < -0.3 is 14.4 Å². The van der Waals surface area contributed by atoms with E-state index in [0.717, 1.165) is 24.2 Å². The van der Waals surface area contributed by atoms with E-state index >= 15 is 0 Å². The highest BCUT2D eigenvalue weighted by atomic mass is 35.5. The van der Waals surface area contributed by atoms with Crippen molar-refractivity contribution >= 4 is 22.7 Å². The summed E-state index contributed by atoms with van der Waals surface area (Å²) < 4.78 is 15.4. The average Bonchev–Trinajstić information content (AvgIpc) is 3.30. The first-order chi connectivity index (χ1) is 12.6. The highest BCUT2D eigenvalue weighted by Crippen LogP contribution is 2.41. The van der Waals surface area contributed by atoms with Crippen LogP contribution in [0.25, 0.3) is 0 Å². The highest BCUT2D eigenvalue weighted by molar-refractivity contribution is 6.64. The summed E-state index contributed by atoms with van der Waals surface area (Å²) in [5.41, 5.74) is 1.09. The first-order valence-electron chi connectivity index (χ1n) is 9.07. The summed E-state index contributed by atoms with van der Waals surface area (Å²) in [5, 5.41) is 0.526. The molecule has 0 spiro atoms. The van der Waals surface area contributed by atoms with Crippen LogP contribution >= 0.6 is 11.6 Å². The Kier molecular flexibility index (Phi) is 4.85. The summed E-state index contributed by atoms with van der Waals surface area (Å²) >= 11 is 6.54. The first-order valence-corrected chi connectivity index (χ1v) is 9.44. The third-order valence-corrected chi connectivity index (χ3v) is 5.68. The molecule has 4 rings (SSSR count). The van der Waals surface area contributed by atoms with Gasteiger partial charge >= 0.3 is 0 Å². The van der Waals surface area contributed by atoms with E-state index in [-0.39, 0.29) is 11.9 Å². The van der Waals surface area contributed by atoms with Crippen molar-refractivity contribution in [3.63, 3.8) is 0 Å². The number of imidazole rings is 1. The zero-order chi connectivity index (χ0) is 18.1. The molecule has 1 aliphatic carbocycles. The largest absolute Gasteiger partial charge is 0.338 e. The van der Waals surface area contributed by atoms with E-state index in [2.05, 4.69) is 19.8 Å². The standard InChI is InChI=1S/C19H23ClFN5/c1-24-10-17(22-11-24)25-12-23-19(20)26(13-25)18(14-4-2-3-5-14)15-6-8-16(21)9-7-15/h6-11,14,18H,2-5,12-13H2,1H3. The lowest BCUT2D eigenvalue weighted by molar-refractivity contribution is 0.225. The molecule has 0 amide bonds. The Labute approximate surface area is 158 Å². The molecule has 1 aromatic heterocycles. The molecule has 138 valence electrons. The van der Waals surface area contributed by atoms with Gasteiger partial charge in [0.1, 0.15) is 18.3 Å². The van der Waals surface area contributed by atoms with Crippen LogP contribution in [0.2, 0.25) is 0 Å². The summed E-state index contributed by atoms with van der Waals surface area (Å²) in [6, 6.07) is 6.91. The third kappa shape index (κ3) is 3.43. The molecule has 26 heavy (non-hydrogen) atoms. The molecular weight excluding hydrogens is 353 g/mol. The molecule has 1 aliphatic heterocycles. The number of aliphatic imine (C=N–C) groups is 1. The molecule has 0 radical (unpaired) electrons. The summed E-state index contributed by atoms with van der Waals surface area (Å²) in [5.74, 6) is 1.16. The monoisotopic (exact) mass is 375 g/mol. The Balaban J connectivity index is 1.66. The SMILES string of the molecule is Cn1cnc(N2CN=C(Cl)N(C(c3ccc(F)cc3)C3CCCC3)C2)c1. The van der Waals surface area contributed by atoms with Crippen LogP contribution in [0.4, 0.5) is 10.2 Å². The minimum atomic E-state index is -0.215. The molecule has 2 aromatic rings. The molecule has 1 atom stereocenters. The lowest BCUT2D eigenvalue weighted by Crippen LogP contribution is -2.48. The number of rotatable bonds is 4. The normalized spacial score (nSPS) is 19.7. The second kappa shape index (κ2) is 7.27. The zero-order valence-electron chi connectivity index (χ0n) is 14.9. The number of anilines is 1. The molecule has 0 N–H and O–H groups in total. The van der Waals surface area contributed by atoms with Crippen LogP contribution in [0.1, 0.15) is 37.3 Å². The van der Waals surface area contributed by atoms with Gasteiger partial charge in [-0.2, -0.15) is 0 Å². The summed E-state index contributed by atoms with van der Waals surface area (Å²) in [6.45, 7) is 1.12. The predicted molar refractivity (Wildman–Crippen MR) is 102 cm³/mol. The molecule has 2 aliphatic rings. The number of amidine groups is 1. The minimum absolute atomic E-state index is 0.0980. The van der Waals surface area contributed by atoms with E-state index < -0.39 is 0 Å². The van der Waals surface area contributed by atoms with E-state index in [1.807, 2.05) is 29.9 Å². The number of nitrogens with zero attached hydrogens (tertiary/aromatic N) is 5. The second-order valence-corrected chi connectivity index (χ2v) is 7.50. The Hall–Kier alpha value is -2.08. The molecule has 1 saturated carbocycles. The van der Waals surface area contributed by atoms with Gasteiger partial charge in [-0.1, -0.05) is 25.0 Å². The smallest absolute Gasteiger partial charge is 0.197 e. The van der Waals surface area contributed by atoms with Gasteiger partial charge in [-0.05, 0) is 48.1 Å². The summed E-state index contributed by atoms with van der Waals surface area (Å²) in [6.07, 6.45) is 8.55. The maximum absolute atomic E-state index is 13.4. The molecule has 1 aromatic carbocycles. The van der Waals surface area contributed by atoms with Crippen LogP contribution in [0.15, 0.2) is 41.8 Å². The van der Waals surface area contributed by atoms with Crippen LogP contribution in [0, 0.1) is 11.7 Å². The maximum atomic E-state index is 13.4. The van der Waals surface area contributed by atoms with Crippen molar-refractivity contribution in [2.24, 2.45) is 18.0 Å². The minimum Gasteiger partial charge on any atom is -0.338 e. The number of halogens is 2. The fourth-order valence-electron chi connectivity index (χ4n) is 4.07. The summed E-state index contributed by atoms with van der Waals surface area (Å²) in [4.78, 5) is 13.2. The van der Waals surface area contributed by atoms with Crippen molar-refractivity contribution in [3.05, 3.63) is 48.2 Å². The van der Waals surface area contributed by atoms with Crippen molar-refractivity contribution < 1.29 is 4.39 Å². The van der Waals surface area contributed by atoms with E-state index in [9.17, 15) is 4.39 Å². The molecule has 1 unspecified atom stereocenters. The number of hydrogen-bond acceptors (Lipinski definition) is 4. The topological polar surface area (TPSA) is 36.7 Å². The number of aryl methyl sites for hydroxylation is 1. The lowest BCUT2D eigenvalue weighted by atomic mass is 9.90. The third-order valence-electron chi connectivity index (χ3n) is 5.34. The van der Waals surface area contributed by atoms with Gasteiger partial charge in [0, 0.05) is 13.2 Å². The van der Waals surface area contributed by atoms with Gasteiger partial charge in [0.2, 0.25) is 0 Å². The molecule has 7 heteroatoms. The highest BCUT2D eigenvalue weighted by Gasteiger charge is 2.35. The molecule has 0 bridgehead atoms. The second-order valence-electron chi connectivity index (χ2n) is 7.16. The van der Waals surface area contributed by atoms with Crippen LogP contribution in [-0.2, 0) is 7.05 Å². The van der Waals surface area contributed by atoms with Gasteiger partial charge in [0.15, 0.2) is 5.29 Å². The molecule has 0 saturated heterocycles. The lowest BCUT2D eigenvalue weighted by Gasteiger charge is -2.41. The number of benzene rings is 1. The molecule has 1 fully saturated rings. The van der Waals surface area contributed by atoms with Crippen LogP contribution in [-0.4, -0.2) is 33.1 Å². The fraction of sp³-hybridized carbons (Fsp3) is 0.474. The number of aromatic nitrogens is 2. The Morgan fingerprint density at radius 2 is 1.92 bits per heavy atom. The Morgan fingerprint density at radius 1 is 1.19 bits per heavy atom. The Morgan fingerprint density at radius 3 is 2.58 bits per heavy atom. The number of hydrogen-bond donors (Lipinski definition) is 0. The van der Waals surface area contributed by atoms with Crippen molar-refractivity contribution in [2.75, 3.05) is 18.2 Å². The zero-order valence-corrected chi connectivity index (χ0v) is 15.6. The van der Waals surface area contributed by atoms with E-state index in [0.29, 0.717) is 24.6 Å². The van der Waals surface area contributed by atoms with E-state index in [4.69, 9.17) is 11.6 Å². The van der Waals surface area contributed by atoms with Gasteiger partial charge in [-0.3, -0.25) is 0 Å². The van der Waals surface area contributed by atoms with Crippen LogP contribution in [0.3, 0.4) is 0 Å². The van der Waals surface area contributed by atoms with Gasteiger partial charge in [-0.15, -0.1) is 0 Å². The van der Waals surface area contributed by atoms with Crippen molar-refractivity contribution in [1.29, 1.82) is 0 Å². The molecular formula is C19H23ClFN5. The van der Waals surface area contributed by atoms with Crippen molar-refractivity contribution in [2.45, 2.75) is 31.7 Å².